The molecule has 150 valence electrons. The highest BCUT2D eigenvalue weighted by molar-refractivity contribution is 5.94. The lowest BCUT2D eigenvalue weighted by atomic mass is 10.1. The van der Waals surface area contributed by atoms with Crippen LogP contribution < -0.4 is 16.0 Å². The highest BCUT2D eigenvalue weighted by Crippen LogP contribution is 2.29. The molecule has 1 unspecified atom stereocenters. The molecule has 0 saturated heterocycles. The van der Waals surface area contributed by atoms with Crippen LogP contribution in [0.3, 0.4) is 0 Å². The first-order valence-corrected chi connectivity index (χ1v) is 8.42. The predicted octanol–water partition coefficient (Wildman–Crippen LogP) is 3.63. The average molecular weight is 397 g/mol. The number of hydrogen-bond acceptors (Lipinski definition) is 2. The van der Waals surface area contributed by atoms with Crippen molar-refractivity contribution in [2.24, 2.45) is 0 Å². The van der Waals surface area contributed by atoms with E-state index in [1.54, 1.807) is 13.0 Å². The van der Waals surface area contributed by atoms with Gasteiger partial charge in [0.1, 0.15) is 5.82 Å². The van der Waals surface area contributed by atoms with Gasteiger partial charge in [0.05, 0.1) is 11.6 Å². The third-order valence-electron chi connectivity index (χ3n) is 3.87. The fourth-order valence-electron chi connectivity index (χ4n) is 2.37. The van der Waals surface area contributed by atoms with Gasteiger partial charge in [-0.3, -0.25) is 4.79 Å². The van der Waals surface area contributed by atoms with Crippen LogP contribution in [0.4, 0.5) is 22.4 Å². The van der Waals surface area contributed by atoms with Gasteiger partial charge >= 0.3 is 12.2 Å². The van der Waals surface area contributed by atoms with Gasteiger partial charge < -0.3 is 16.0 Å². The highest BCUT2D eigenvalue weighted by atomic mass is 19.4. The first kappa shape index (κ1) is 21.2. The van der Waals surface area contributed by atoms with Gasteiger partial charge in [-0.25, -0.2) is 9.18 Å². The molecule has 2 rings (SSSR count). The summed E-state index contributed by atoms with van der Waals surface area (Å²) < 4.78 is 50.7. The molecule has 3 N–H and O–H groups in total. The topological polar surface area (TPSA) is 70.2 Å². The maximum atomic E-state index is 13.2. The second kappa shape index (κ2) is 9.20. The van der Waals surface area contributed by atoms with Crippen LogP contribution in [-0.2, 0) is 6.18 Å². The van der Waals surface area contributed by atoms with Crippen molar-refractivity contribution < 1.29 is 27.2 Å². The van der Waals surface area contributed by atoms with Crippen LogP contribution >= 0.6 is 0 Å². The summed E-state index contributed by atoms with van der Waals surface area (Å²) in [6, 6.07) is 8.74. The van der Waals surface area contributed by atoms with E-state index in [-0.39, 0.29) is 18.7 Å². The van der Waals surface area contributed by atoms with E-state index in [1.807, 2.05) is 0 Å². The second-order valence-electron chi connectivity index (χ2n) is 6.01. The van der Waals surface area contributed by atoms with Crippen molar-refractivity contribution in [2.75, 3.05) is 13.1 Å². The van der Waals surface area contributed by atoms with Gasteiger partial charge in [-0.15, -0.1) is 0 Å². The molecular weight excluding hydrogens is 378 g/mol. The number of rotatable bonds is 6. The van der Waals surface area contributed by atoms with Gasteiger partial charge in [0, 0.05) is 18.7 Å². The summed E-state index contributed by atoms with van der Waals surface area (Å²) in [5, 5.41) is 7.65. The van der Waals surface area contributed by atoms with E-state index in [4.69, 9.17) is 0 Å². The fraction of sp³-hybridized carbons (Fsp3) is 0.263. The number of benzene rings is 2. The Labute approximate surface area is 159 Å². The molecule has 0 aliphatic heterocycles. The van der Waals surface area contributed by atoms with Gasteiger partial charge in [0.25, 0.3) is 5.91 Å². The summed E-state index contributed by atoms with van der Waals surface area (Å²) in [6.45, 7) is 1.89. The van der Waals surface area contributed by atoms with Crippen molar-refractivity contribution >= 4 is 11.9 Å². The van der Waals surface area contributed by atoms with Crippen molar-refractivity contribution in [2.45, 2.75) is 19.1 Å². The molecule has 0 aromatic heterocycles. The van der Waals surface area contributed by atoms with Crippen molar-refractivity contribution in [3.8, 4) is 0 Å². The molecule has 5 nitrogen and oxygen atoms in total. The van der Waals surface area contributed by atoms with Crippen LogP contribution in [0.15, 0.2) is 48.5 Å². The number of nitrogens with one attached hydrogen (secondary N) is 3. The Morgan fingerprint density at radius 3 is 2.25 bits per heavy atom. The van der Waals surface area contributed by atoms with Crippen LogP contribution in [0.2, 0.25) is 0 Å². The summed E-state index contributed by atoms with van der Waals surface area (Å²) in [4.78, 5) is 23.7. The third-order valence-corrected chi connectivity index (χ3v) is 3.87. The number of halogens is 4. The lowest BCUT2D eigenvalue weighted by molar-refractivity contribution is -0.137. The maximum absolute atomic E-state index is 13.2. The minimum atomic E-state index is -4.46. The number of hydrogen-bond donors (Lipinski definition) is 3. The van der Waals surface area contributed by atoms with Crippen LogP contribution in [-0.4, -0.2) is 25.0 Å². The van der Waals surface area contributed by atoms with Gasteiger partial charge in [-0.1, -0.05) is 12.1 Å². The molecule has 1 atom stereocenters. The molecule has 9 heteroatoms. The zero-order valence-corrected chi connectivity index (χ0v) is 14.9. The van der Waals surface area contributed by atoms with Gasteiger partial charge in [0.15, 0.2) is 0 Å². The van der Waals surface area contributed by atoms with Gasteiger partial charge in [-0.05, 0) is 48.9 Å². The number of alkyl halides is 3. The molecule has 0 aliphatic carbocycles. The normalized spacial score (nSPS) is 12.2. The predicted molar refractivity (Wildman–Crippen MR) is 95.1 cm³/mol. The van der Waals surface area contributed by atoms with Crippen LogP contribution in [0, 0.1) is 5.82 Å². The SMILES string of the molecule is CC(NC(=O)NCCNC(=O)c1ccc(C(F)(F)F)cc1)c1cccc(F)c1. The fourth-order valence-corrected chi connectivity index (χ4v) is 2.37. The van der Waals surface area contributed by atoms with Crippen LogP contribution in [0.1, 0.15) is 34.5 Å². The van der Waals surface area contributed by atoms with E-state index in [0.29, 0.717) is 5.56 Å². The largest absolute Gasteiger partial charge is 0.416 e. The monoisotopic (exact) mass is 397 g/mol. The van der Waals surface area contributed by atoms with Gasteiger partial charge in [0.2, 0.25) is 0 Å². The molecule has 28 heavy (non-hydrogen) atoms. The number of amides is 3. The van der Waals surface area contributed by atoms with Crippen LogP contribution in [0.5, 0.6) is 0 Å². The Hall–Kier alpha value is -3.10. The van der Waals surface area contributed by atoms with Crippen molar-refractivity contribution in [1.82, 2.24) is 16.0 Å². The van der Waals surface area contributed by atoms with Gasteiger partial charge in [-0.2, -0.15) is 13.2 Å². The van der Waals surface area contributed by atoms with E-state index in [2.05, 4.69) is 16.0 Å². The van der Waals surface area contributed by atoms with Crippen molar-refractivity contribution in [3.05, 3.63) is 71.0 Å². The molecule has 0 aliphatic rings. The summed E-state index contributed by atoms with van der Waals surface area (Å²) in [6.07, 6.45) is -4.46. The molecule has 2 aromatic rings. The lowest BCUT2D eigenvalue weighted by Crippen LogP contribution is -2.41. The summed E-state index contributed by atoms with van der Waals surface area (Å²) >= 11 is 0. The average Bonchev–Trinajstić information content (AvgIpc) is 2.64. The van der Waals surface area contributed by atoms with E-state index in [9.17, 15) is 27.2 Å². The molecule has 3 amide bonds. The summed E-state index contributed by atoms with van der Waals surface area (Å²) in [5.41, 5.74) is -0.155. The first-order chi connectivity index (χ1) is 13.2. The molecule has 0 saturated carbocycles. The quantitative estimate of drug-likeness (QED) is 0.515. The van der Waals surface area contributed by atoms with E-state index >= 15 is 0 Å². The smallest absolute Gasteiger partial charge is 0.350 e. The number of carbonyl (C=O) groups excluding carboxylic acids is 2. The Balaban J connectivity index is 1.73. The summed E-state index contributed by atoms with van der Waals surface area (Å²) in [5.74, 6) is -0.957. The summed E-state index contributed by atoms with van der Waals surface area (Å²) in [7, 11) is 0. The maximum Gasteiger partial charge on any atom is 0.416 e. The second-order valence-corrected chi connectivity index (χ2v) is 6.01. The van der Waals surface area contributed by atoms with Crippen molar-refractivity contribution in [1.29, 1.82) is 0 Å². The molecule has 0 bridgehead atoms. The molecular formula is C19H19F4N3O2. The Kier molecular flexibility index (Phi) is 6.97. The van der Waals surface area contributed by atoms with E-state index < -0.39 is 35.5 Å². The molecule has 0 spiro atoms. The zero-order chi connectivity index (χ0) is 20.7. The molecule has 0 fully saturated rings. The lowest BCUT2D eigenvalue weighted by Gasteiger charge is -2.15. The Morgan fingerprint density at radius 1 is 1.00 bits per heavy atom. The zero-order valence-electron chi connectivity index (χ0n) is 14.9. The standard InChI is InChI=1S/C19H19F4N3O2/c1-12(14-3-2-4-16(20)11-14)26-18(28)25-10-9-24-17(27)13-5-7-15(8-6-13)19(21,22)23/h2-8,11-12H,9-10H2,1H3,(H,24,27)(H2,25,26,28). The highest BCUT2D eigenvalue weighted by Gasteiger charge is 2.30. The van der Waals surface area contributed by atoms with E-state index in [0.717, 1.165) is 24.3 Å². The first-order valence-electron chi connectivity index (χ1n) is 8.42. The molecule has 0 radical (unpaired) electrons. The third kappa shape index (κ3) is 6.26. The molecule has 2 aromatic carbocycles. The Bertz CT molecular complexity index is 823. The van der Waals surface area contributed by atoms with Crippen molar-refractivity contribution in [3.63, 3.8) is 0 Å². The number of urea groups is 1. The van der Waals surface area contributed by atoms with E-state index in [1.165, 1.54) is 18.2 Å². The Morgan fingerprint density at radius 2 is 1.64 bits per heavy atom. The molecule has 0 heterocycles. The minimum absolute atomic E-state index is 0.0807. The minimum Gasteiger partial charge on any atom is -0.350 e. The number of carbonyl (C=O) groups is 2. The van der Waals surface area contributed by atoms with Crippen LogP contribution in [0.25, 0.3) is 0 Å².